The number of benzene rings is 1. The standard InChI is InChI=1S/C19H31N3O3S/c1-6-7-8-9-12-25-15-11-10-14(13-16(15)24-5)17(23)21-22-18(26)20-19(2,3)4/h10-11,13H,6-9,12H2,1-5H3,(H,21,23)(H2,20,22,26). The number of carbonyl (C=O) groups is 1. The lowest BCUT2D eigenvalue weighted by atomic mass is 10.1. The van der Waals surface area contributed by atoms with Gasteiger partial charge in [-0.05, 0) is 57.6 Å². The highest BCUT2D eigenvalue weighted by molar-refractivity contribution is 7.80. The lowest BCUT2D eigenvalue weighted by Crippen LogP contribution is -2.52. The number of thiocarbonyl (C=S) groups is 1. The van der Waals surface area contributed by atoms with Crippen molar-refractivity contribution >= 4 is 23.2 Å². The van der Waals surface area contributed by atoms with Crippen molar-refractivity contribution in [1.29, 1.82) is 0 Å². The molecule has 0 saturated carbocycles. The molecule has 0 aliphatic heterocycles. The van der Waals surface area contributed by atoms with E-state index in [4.69, 9.17) is 21.7 Å². The van der Waals surface area contributed by atoms with Crippen molar-refractivity contribution in [1.82, 2.24) is 16.2 Å². The van der Waals surface area contributed by atoms with Gasteiger partial charge in [-0.2, -0.15) is 0 Å². The fourth-order valence-electron chi connectivity index (χ4n) is 2.20. The molecule has 0 radical (unpaired) electrons. The smallest absolute Gasteiger partial charge is 0.269 e. The van der Waals surface area contributed by atoms with E-state index in [1.807, 2.05) is 20.8 Å². The predicted octanol–water partition coefficient (Wildman–Crippen LogP) is 3.56. The molecule has 3 N–H and O–H groups in total. The van der Waals surface area contributed by atoms with Gasteiger partial charge in [0.15, 0.2) is 16.6 Å². The summed E-state index contributed by atoms with van der Waals surface area (Å²) in [4.78, 5) is 12.3. The van der Waals surface area contributed by atoms with Gasteiger partial charge in [0.2, 0.25) is 0 Å². The molecule has 6 nitrogen and oxygen atoms in total. The minimum atomic E-state index is -0.309. The third kappa shape index (κ3) is 8.38. The minimum Gasteiger partial charge on any atom is -0.493 e. The number of rotatable bonds is 8. The molecule has 0 saturated heterocycles. The van der Waals surface area contributed by atoms with Crippen LogP contribution < -0.4 is 25.6 Å². The third-order valence-corrected chi connectivity index (χ3v) is 3.66. The summed E-state index contributed by atoms with van der Waals surface area (Å²) in [5, 5.41) is 3.41. The van der Waals surface area contributed by atoms with Crippen LogP contribution in [0.3, 0.4) is 0 Å². The minimum absolute atomic E-state index is 0.186. The third-order valence-electron chi connectivity index (χ3n) is 3.46. The summed E-state index contributed by atoms with van der Waals surface area (Å²) >= 11 is 5.14. The van der Waals surface area contributed by atoms with Crippen molar-refractivity contribution in [2.24, 2.45) is 0 Å². The van der Waals surface area contributed by atoms with Gasteiger partial charge >= 0.3 is 0 Å². The molecule has 0 aliphatic rings. The number of unbranched alkanes of at least 4 members (excludes halogenated alkanes) is 3. The maximum Gasteiger partial charge on any atom is 0.269 e. The van der Waals surface area contributed by atoms with Crippen LogP contribution in [0.15, 0.2) is 18.2 Å². The first kappa shape index (κ1) is 22.0. The van der Waals surface area contributed by atoms with Crippen molar-refractivity contribution in [3.8, 4) is 11.5 Å². The van der Waals surface area contributed by atoms with E-state index in [1.165, 1.54) is 12.8 Å². The van der Waals surface area contributed by atoms with Gasteiger partial charge in [-0.1, -0.05) is 26.2 Å². The topological polar surface area (TPSA) is 71.6 Å². The SMILES string of the molecule is CCCCCCOc1ccc(C(=O)NNC(=S)NC(C)(C)C)cc1OC. The molecule has 1 rings (SSSR count). The lowest BCUT2D eigenvalue weighted by molar-refractivity contribution is 0.0943. The summed E-state index contributed by atoms with van der Waals surface area (Å²) in [6, 6.07) is 5.10. The Morgan fingerprint density at radius 2 is 1.85 bits per heavy atom. The zero-order chi connectivity index (χ0) is 19.6. The fraction of sp³-hybridized carbons (Fsp3) is 0.579. The van der Waals surface area contributed by atoms with Gasteiger partial charge in [0.25, 0.3) is 5.91 Å². The van der Waals surface area contributed by atoms with E-state index in [2.05, 4.69) is 23.1 Å². The zero-order valence-electron chi connectivity index (χ0n) is 16.4. The van der Waals surface area contributed by atoms with Crippen molar-refractivity contribution in [3.63, 3.8) is 0 Å². The van der Waals surface area contributed by atoms with Gasteiger partial charge in [-0.15, -0.1) is 0 Å². The van der Waals surface area contributed by atoms with Gasteiger partial charge in [0.1, 0.15) is 0 Å². The number of hydrogen-bond donors (Lipinski definition) is 3. The highest BCUT2D eigenvalue weighted by Crippen LogP contribution is 2.28. The van der Waals surface area contributed by atoms with E-state index >= 15 is 0 Å². The quantitative estimate of drug-likeness (QED) is 0.363. The molecular formula is C19H31N3O3S. The summed E-state index contributed by atoms with van der Waals surface area (Å²) in [5.41, 5.74) is 5.53. The monoisotopic (exact) mass is 381 g/mol. The van der Waals surface area contributed by atoms with Gasteiger partial charge in [-0.3, -0.25) is 15.6 Å². The van der Waals surface area contributed by atoms with Gasteiger partial charge < -0.3 is 14.8 Å². The van der Waals surface area contributed by atoms with Crippen LogP contribution in [0.2, 0.25) is 0 Å². The van der Waals surface area contributed by atoms with E-state index in [9.17, 15) is 4.79 Å². The van der Waals surface area contributed by atoms with E-state index in [-0.39, 0.29) is 11.4 Å². The molecule has 0 atom stereocenters. The first-order valence-corrected chi connectivity index (χ1v) is 9.37. The highest BCUT2D eigenvalue weighted by Gasteiger charge is 2.14. The first-order chi connectivity index (χ1) is 12.3. The second-order valence-corrected chi connectivity index (χ2v) is 7.47. The second kappa shape index (κ2) is 10.9. The molecule has 0 bridgehead atoms. The van der Waals surface area contributed by atoms with Crippen molar-refractivity contribution in [2.45, 2.75) is 58.9 Å². The van der Waals surface area contributed by atoms with Crippen molar-refractivity contribution in [2.75, 3.05) is 13.7 Å². The van der Waals surface area contributed by atoms with Crippen LogP contribution >= 0.6 is 12.2 Å². The van der Waals surface area contributed by atoms with E-state index in [1.54, 1.807) is 25.3 Å². The number of nitrogens with one attached hydrogen (secondary N) is 3. The van der Waals surface area contributed by atoms with Crippen molar-refractivity contribution in [3.05, 3.63) is 23.8 Å². The molecule has 1 aromatic rings. The molecular weight excluding hydrogens is 350 g/mol. The Kier molecular flexibility index (Phi) is 9.19. The molecule has 0 heterocycles. The van der Waals surface area contributed by atoms with Gasteiger partial charge in [0.05, 0.1) is 13.7 Å². The Bertz CT molecular complexity index is 600. The van der Waals surface area contributed by atoms with E-state index in [0.717, 1.165) is 12.8 Å². The van der Waals surface area contributed by atoms with Gasteiger partial charge in [-0.25, -0.2) is 0 Å². The summed E-state index contributed by atoms with van der Waals surface area (Å²) in [6.45, 7) is 8.75. The summed E-state index contributed by atoms with van der Waals surface area (Å²) in [6.07, 6.45) is 4.54. The molecule has 26 heavy (non-hydrogen) atoms. The Morgan fingerprint density at radius 3 is 2.46 bits per heavy atom. The van der Waals surface area contributed by atoms with Crippen LogP contribution in [0.1, 0.15) is 63.7 Å². The van der Waals surface area contributed by atoms with E-state index in [0.29, 0.717) is 28.8 Å². The molecule has 0 aliphatic carbocycles. The van der Waals surface area contributed by atoms with Crippen LogP contribution in [-0.4, -0.2) is 30.3 Å². The highest BCUT2D eigenvalue weighted by atomic mass is 32.1. The summed E-state index contributed by atoms with van der Waals surface area (Å²) in [5.74, 6) is 0.859. The Morgan fingerprint density at radius 1 is 1.12 bits per heavy atom. The first-order valence-electron chi connectivity index (χ1n) is 8.96. The van der Waals surface area contributed by atoms with Crippen LogP contribution in [0.5, 0.6) is 11.5 Å². The van der Waals surface area contributed by atoms with Crippen LogP contribution in [0.25, 0.3) is 0 Å². The zero-order valence-corrected chi connectivity index (χ0v) is 17.2. The molecule has 0 unspecified atom stereocenters. The number of hydrogen-bond acceptors (Lipinski definition) is 4. The molecule has 1 aromatic carbocycles. The summed E-state index contributed by atoms with van der Waals surface area (Å²) in [7, 11) is 1.56. The van der Waals surface area contributed by atoms with Gasteiger partial charge in [0, 0.05) is 11.1 Å². The number of ether oxygens (including phenoxy) is 2. The number of carbonyl (C=O) groups excluding carboxylic acids is 1. The fourth-order valence-corrected chi connectivity index (χ4v) is 2.55. The summed E-state index contributed by atoms with van der Waals surface area (Å²) < 4.78 is 11.1. The number of amides is 1. The predicted molar refractivity (Wildman–Crippen MR) is 109 cm³/mol. The second-order valence-electron chi connectivity index (χ2n) is 7.06. The molecule has 7 heteroatoms. The Labute approximate surface area is 162 Å². The largest absolute Gasteiger partial charge is 0.493 e. The molecule has 0 fully saturated rings. The van der Waals surface area contributed by atoms with Crippen LogP contribution in [0.4, 0.5) is 0 Å². The average Bonchev–Trinajstić information content (AvgIpc) is 2.58. The molecule has 1 amide bonds. The average molecular weight is 382 g/mol. The number of hydrazine groups is 1. The Hall–Kier alpha value is -2.02. The lowest BCUT2D eigenvalue weighted by Gasteiger charge is -2.23. The van der Waals surface area contributed by atoms with E-state index < -0.39 is 0 Å². The maximum absolute atomic E-state index is 12.3. The molecule has 146 valence electrons. The normalized spacial score (nSPS) is 10.8. The maximum atomic E-state index is 12.3. The van der Waals surface area contributed by atoms with Crippen LogP contribution in [0, 0.1) is 0 Å². The Balaban J connectivity index is 2.59. The number of methoxy groups -OCH3 is 1. The molecule has 0 aromatic heterocycles. The molecule has 0 spiro atoms. The van der Waals surface area contributed by atoms with Crippen LogP contribution in [-0.2, 0) is 0 Å². The van der Waals surface area contributed by atoms with Crippen molar-refractivity contribution < 1.29 is 14.3 Å².